The second kappa shape index (κ2) is 7.10. The number of benzene rings is 3. The van der Waals surface area contributed by atoms with Crippen LogP contribution < -0.4 is 10.8 Å². The van der Waals surface area contributed by atoms with Crippen LogP contribution in [0.2, 0.25) is 0 Å². The average molecular weight is 448 g/mol. The summed E-state index contributed by atoms with van der Waals surface area (Å²) in [7, 11) is -4.00. The molecule has 6 nitrogen and oxygen atoms in total. The minimum atomic E-state index is -6.09. The number of halogens is 3. The van der Waals surface area contributed by atoms with Gasteiger partial charge in [0.2, 0.25) is 0 Å². The number of aryl methyl sites for hydroxylation is 1. The Bertz CT molecular complexity index is 1630. The van der Waals surface area contributed by atoms with Crippen LogP contribution in [0.1, 0.15) is 0 Å². The predicted octanol–water partition coefficient (Wildman–Crippen LogP) is 2.94. The summed E-state index contributed by atoms with van der Waals surface area (Å²) >= 11 is 0. The molecule has 0 aliphatic carbocycles. The van der Waals surface area contributed by atoms with Crippen molar-refractivity contribution in [1.29, 1.82) is 0 Å². The second-order valence-electron chi connectivity index (χ2n) is 6.86. The maximum atomic E-state index is 10.7. The second-order valence-corrected chi connectivity index (χ2v) is 8.23. The van der Waals surface area contributed by atoms with Crippen LogP contribution >= 0.6 is 0 Å². The van der Waals surface area contributed by atoms with E-state index in [0.29, 0.717) is 0 Å². The molecule has 0 aliphatic heterocycles. The fourth-order valence-corrected chi connectivity index (χ4v) is 3.61. The summed E-state index contributed by atoms with van der Waals surface area (Å²) in [4.78, 5) is 0. The Hall–Kier alpha value is -3.37. The highest BCUT2D eigenvalue weighted by Crippen LogP contribution is 2.37. The van der Waals surface area contributed by atoms with Crippen LogP contribution in [0.4, 0.5) is 13.2 Å². The van der Waals surface area contributed by atoms with Crippen LogP contribution in [0, 0.1) is 0 Å². The van der Waals surface area contributed by atoms with E-state index >= 15 is 0 Å². The molecule has 3 aromatic carbocycles. The van der Waals surface area contributed by atoms with Crippen molar-refractivity contribution in [2.45, 2.75) is 5.51 Å². The highest BCUT2D eigenvalue weighted by Gasteiger charge is 2.36. The van der Waals surface area contributed by atoms with E-state index in [-0.39, 0.29) is 0 Å². The number of hydrogen-bond donors (Lipinski definition) is 1. The number of nitrogens with zero attached hydrogens (tertiary/aromatic N) is 1. The Labute approximate surface area is 173 Å². The molecule has 160 valence electrons. The standard InChI is InChI=1S/C20H14N2O.CHF3O3S/c1-22-16-11-12(21)9-10-13(16)14-6-4-8-18-19(14)20(22)15-5-2-3-7-17(15)23-18;2-1(3,4)8(5,6)7/h2-11,21H,1H3;(H,5,6,7). The molecule has 2 aromatic heterocycles. The maximum absolute atomic E-state index is 10.7. The third-order valence-electron chi connectivity index (χ3n) is 4.92. The van der Waals surface area contributed by atoms with Crippen molar-refractivity contribution >= 4 is 53.9 Å². The average Bonchev–Trinajstić information content (AvgIpc) is 2.69. The van der Waals surface area contributed by atoms with Crippen LogP contribution in [0.15, 0.2) is 65.1 Å². The highest BCUT2D eigenvalue weighted by atomic mass is 32.2. The van der Waals surface area contributed by atoms with Gasteiger partial charge in [-0.3, -0.25) is 5.41 Å². The molecule has 0 amide bonds. The van der Waals surface area contributed by atoms with Crippen molar-refractivity contribution in [3.05, 3.63) is 66.0 Å². The lowest BCUT2D eigenvalue weighted by atomic mass is 10.0. The number of rotatable bonds is 0. The Morgan fingerprint density at radius 2 is 1.55 bits per heavy atom. The normalized spacial score (nSPS) is 12.4. The van der Waals surface area contributed by atoms with Gasteiger partial charge in [-0.2, -0.15) is 13.2 Å². The van der Waals surface area contributed by atoms with E-state index in [1.165, 1.54) is 16.3 Å². The molecule has 2 N–H and O–H groups in total. The molecular formula is C21H15F3N2O4S. The van der Waals surface area contributed by atoms with Gasteiger partial charge in [0, 0.05) is 35.3 Å². The Kier molecular flexibility index (Phi) is 4.78. The number of pyridine rings is 1. The van der Waals surface area contributed by atoms with Crippen molar-refractivity contribution in [3.63, 3.8) is 0 Å². The Morgan fingerprint density at radius 3 is 2.23 bits per heavy atom. The minimum Gasteiger partial charge on any atom is -0.741 e. The van der Waals surface area contributed by atoms with Crippen molar-refractivity contribution in [1.82, 2.24) is 4.57 Å². The molecular weight excluding hydrogens is 433 g/mol. The summed E-state index contributed by atoms with van der Waals surface area (Å²) in [5.41, 5.74) is -1.54. The Balaban J connectivity index is 0.000000250. The molecule has 10 heteroatoms. The monoisotopic (exact) mass is 448 g/mol. The molecule has 0 saturated heterocycles. The smallest absolute Gasteiger partial charge is 0.485 e. The van der Waals surface area contributed by atoms with Gasteiger partial charge in [-0.15, -0.1) is 0 Å². The lowest BCUT2D eigenvalue weighted by Gasteiger charge is -2.16. The van der Waals surface area contributed by atoms with Gasteiger partial charge in [-0.05, 0) is 29.7 Å². The molecule has 0 fully saturated rings. The van der Waals surface area contributed by atoms with E-state index in [0.717, 1.165) is 32.8 Å². The van der Waals surface area contributed by atoms with Crippen LogP contribution in [-0.2, 0) is 17.2 Å². The minimum absolute atomic E-state index is 0.774. The fraction of sp³-hybridized carbons (Fsp3) is 0.0952. The summed E-state index contributed by atoms with van der Waals surface area (Å²) in [6, 6.07) is 20.5. The number of alkyl halides is 3. The van der Waals surface area contributed by atoms with Gasteiger partial charge in [0.1, 0.15) is 11.2 Å². The molecule has 0 aliphatic rings. The van der Waals surface area contributed by atoms with Crippen LogP contribution in [0.3, 0.4) is 0 Å². The summed E-state index contributed by atoms with van der Waals surface area (Å²) in [6.45, 7) is 0. The molecule has 0 spiro atoms. The summed E-state index contributed by atoms with van der Waals surface area (Å²) < 4.78 is 67.3. The number of hydrogen-bond acceptors (Lipinski definition) is 4. The van der Waals surface area contributed by atoms with Gasteiger partial charge in [0.25, 0.3) is 0 Å². The van der Waals surface area contributed by atoms with Crippen LogP contribution in [-0.4, -0.2) is 23.0 Å². The molecule has 0 bridgehead atoms. The van der Waals surface area contributed by atoms with Gasteiger partial charge in [-0.25, -0.2) is 8.42 Å². The fourth-order valence-electron chi connectivity index (χ4n) is 3.61. The Morgan fingerprint density at radius 1 is 0.935 bits per heavy atom. The molecule has 0 radical (unpaired) electrons. The molecule has 5 rings (SSSR count). The quantitative estimate of drug-likeness (QED) is 0.170. The first-order valence-electron chi connectivity index (χ1n) is 8.92. The molecule has 0 saturated carbocycles. The largest absolute Gasteiger partial charge is 0.741 e. The zero-order valence-electron chi connectivity index (χ0n) is 16.0. The van der Waals surface area contributed by atoms with E-state index < -0.39 is 15.6 Å². The van der Waals surface area contributed by atoms with Crippen LogP contribution in [0.25, 0.3) is 43.7 Å². The van der Waals surface area contributed by atoms with Crippen molar-refractivity contribution in [2.24, 2.45) is 7.05 Å². The summed E-state index contributed by atoms with van der Waals surface area (Å²) in [5.74, 6) is 0. The predicted molar refractivity (Wildman–Crippen MR) is 109 cm³/mol. The highest BCUT2D eigenvalue weighted by molar-refractivity contribution is 7.86. The SMILES string of the molecule is Cn1c2cc(=[NH2+])ccc2c2cccc3oc4ccccc4c1c32.O=S(=O)([O-])C(F)(F)F. The van der Waals surface area contributed by atoms with Gasteiger partial charge in [0.05, 0.1) is 11.0 Å². The third-order valence-corrected chi connectivity index (χ3v) is 5.48. The molecule has 2 heterocycles. The van der Waals surface area contributed by atoms with Gasteiger partial charge >= 0.3 is 5.51 Å². The molecule has 31 heavy (non-hydrogen) atoms. The summed E-state index contributed by atoms with van der Waals surface area (Å²) in [5, 5.41) is 11.5. The zero-order chi connectivity index (χ0) is 22.6. The molecule has 0 unspecified atom stereocenters. The lowest BCUT2D eigenvalue weighted by Crippen LogP contribution is -2.44. The molecule has 5 aromatic rings. The lowest BCUT2D eigenvalue weighted by molar-refractivity contribution is -0.172. The molecule has 0 atom stereocenters. The van der Waals surface area contributed by atoms with E-state index in [9.17, 15) is 13.2 Å². The van der Waals surface area contributed by atoms with E-state index in [1.54, 1.807) is 0 Å². The van der Waals surface area contributed by atoms with Gasteiger partial charge in [0.15, 0.2) is 15.5 Å². The van der Waals surface area contributed by atoms with Crippen LogP contribution in [0.5, 0.6) is 0 Å². The van der Waals surface area contributed by atoms with Crippen molar-refractivity contribution < 1.29 is 36.0 Å². The van der Waals surface area contributed by atoms with E-state index in [2.05, 4.69) is 29.8 Å². The van der Waals surface area contributed by atoms with E-state index in [4.69, 9.17) is 22.8 Å². The van der Waals surface area contributed by atoms with Gasteiger partial charge < -0.3 is 13.5 Å². The summed E-state index contributed by atoms with van der Waals surface area (Å²) in [6.07, 6.45) is 0. The topological polar surface area (TPSA) is 101 Å². The number of para-hydroxylation sites is 1. The van der Waals surface area contributed by atoms with E-state index in [1.807, 2.05) is 42.5 Å². The van der Waals surface area contributed by atoms with Crippen molar-refractivity contribution in [2.75, 3.05) is 0 Å². The first-order chi connectivity index (χ1) is 14.5. The number of aromatic nitrogens is 1. The first kappa shape index (κ1) is 20.9. The van der Waals surface area contributed by atoms with Crippen molar-refractivity contribution in [3.8, 4) is 0 Å². The zero-order valence-corrected chi connectivity index (χ0v) is 16.8. The first-order valence-corrected chi connectivity index (χ1v) is 10.3. The third kappa shape index (κ3) is 3.53. The van der Waals surface area contributed by atoms with Gasteiger partial charge in [-0.1, -0.05) is 24.3 Å². The maximum Gasteiger partial charge on any atom is 0.485 e. The number of nitrogens with two attached hydrogens (primary N) is 1. The number of fused-ring (bicyclic) bond motifs is 4.